The van der Waals surface area contributed by atoms with E-state index in [0.29, 0.717) is 0 Å². The van der Waals surface area contributed by atoms with E-state index in [0.717, 1.165) is 6.08 Å². The van der Waals surface area contributed by atoms with Crippen molar-refractivity contribution in [2.45, 2.75) is 0 Å². The highest BCUT2D eigenvalue weighted by molar-refractivity contribution is 5.97. The van der Waals surface area contributed by atoms with Crippen molar-refractivity contribution in [3.63, 3.8) is 0 Å². The van der Waals surface area contributed by atoms with Gasteiger partial charge in [0.25, 0.3) is 6.08 Å². The fourth-order valence-corrected chi connectivity index (χ4v) is 0.0559. The predicted molar refractivity (Wildman–Crippen MR) is 15.0 cm³/mol. The molecule has 0 unspecified atom stereocenters. The minimum atomic E-state index is 1.12. The highest BCUT2D eigenvalue weighted by atomic mass is 28.2. The molecule has 3 radical (unpaired) electrons. The molecule has 0 saturated carbocycles. The van der Waals surface area contributed by atoms with Crippen molar-refractivity contribution in [2.75, 3.05) is 0 Å². The van der Waals surface area contributed by atoms with E-state index >= 15 is 0 Å². The molecule has 0 aromatic carbocycles. The lowest BCUT2D eigenvalue weighted by atomic mass is 11.7. The van der Waals surface area contributed by atoms with Gasteiger partial charge in [-0.1, -0.05) is 0 Å². The van der Waals surface area contributed by atoms with Gasteiger partial charge in [0.1, 0.15) is 0 Å². The second-order valence-corrected chi connectivity index (χ2v) is 0.456. The molecule has 0 aromatic rings. The molecular weight excluding hydrogens is 86.1 g/mol. The van der Waals surface area contributed by atoms with Crippen molar-refractivity contribution in [2.24, 2.45) is 5.16 Å². The molecule has 5 heavy (non-hydrogen) atoms. The summed E-state index contributed by atoms with van der Waals surface area (Å²) in [6.07, 6.45) is 1.12. The summed E-state index contributed by atoms with van der Waals surface area (Å²) < 4.78 is 3.70. The summed E-state index contributed by atoms with van der Waals surface area (Å²) >= 11 is 0. The average molecular weight is 86.1 g/mol. The molecule has 0 N–H and O–H groups in total. The number of nitrogens with zero attached hydrogens (tertiary/aromatic N) is 1. The number of carbonyl (C=O) groups excluding carboxylic acids is 1. The van der Waals surface area contributed by atoms with Crippen molar-refractivity contribution >= 4 is 16.6 Å². The Bertz CT molecular complexity index is 56.7. The minimum Gasteiger partial charge on any atom is -0.444 e. The van der Waals surface area contributed by atoms with Crippen LogP contribution in [0, 0.1) is 0 Å². The van der Waals surface area contributed by atoms with E-state index in [-0.39, 0.29) is 0 Å². The van der Waals surface area contributed by atoms with Crippen molar-refractivity contribution in [3.8, 4) is 0 Å². The Morgan fingerprint density at radius 1 is 2.00 bits per heavy atom. The van der Waals surface area contributed by atoms with Gasteiger partial charge in [-0.2, -0.15) is 0 Å². The lowest BCUT2D eigenvalue weighted by molar-refractivity contribution is 0.371. The van der Waals surface area contributed by atoms with Crippen LogP contribution in [0.1, 0.15) is 0 Å². The van der Waals surface area contributed by atoms with Crippen LogP contribution in [0.25, 0.3) is 0 Å². The van der Waals surface area contributed by atoms with E-state index in [1.54, 1.807) is 0 Å². The largest absolute Gasteiger partial charge is 0.444 e. The van der Waals surface area contributed by atoms with Crippen molar-refractivity contribution in [1.82, 2.24) is 0 Å². The Kier molecular flexibility index (Phi) is 2.99. The maximum Gasteiger partial charge on any atom is 0.388 e. The van der Waals surface area contributed by atoms with Gasteiger partial charge in [0.05, 0.1) is 0 Å². The third kappa shape index (κ3) is 3.40. The molecule has 3 nitrogen and oxygen atoms in total. The number of hydrogen-bond donors (Lipinski definition) is 0. The standard InChI is InChI=1S/CNO2Si/c3-1-2-4-5. The SMILES string of the molecule is O=C=NO[Si]. The first-order chi connectivity index (χ1) is 2.41. The Balaban J connectivity index is 2.93. The van der Waals surface area contributed by atoms with Crippen LogP contribution < -0.4 is 0 Å². The van der Waals surface area contributed by atoms with Crippen LogP contribution in [-0.4, -0.2) is 16.6 Å². The summed E-state index contributed by atoms with van der Waals surface area (Å²) in [5.74, 6) is 0. The molecule has 0 aliphatic heterocycles. The van der Waals surface area contributed by atoms with Gasteiger partial charge in [-0.05, 0) is 5.16 Å². The van der Waals surface area contributed by atoms with Crippen LogP contribution in [0.3, 0.4) is 0 Å². The quantitative estimate of drug-likeness (QED) is 0.184. The topological polar surface area (TPSA) is 38.7 Å². The van der Waals surface area contributed by atoms with E-state index in [2.05, 4.69) is 20.2 Å². The van der Waals surface area contributed by atoms with E-state index in [1.807, 2.05) is 0 Å². The summed E-state index contributed by atoms with van der Waals surface area (Å²) in [4.78, 5) is 8.96. The van der Waals surface area contributed by atoms with Crippen molar-refractivity contribution in [1.29, 1.82) is 0 Å². The predicted octanol–water partition coefficient (Wildman–Crippen LogP) is -0.663. The molecule has 0 fully saturated rings. The van der Waals surface area contributed by atoms with Crippen LogP contribution >= 0.6 is 0 Å². The summed E-state index contributed by atoms with van der Waals surface area (Å²) in [5.41, 5.74) is 0. The minimum absolute atomic E-state index is 1.12. The Morgan fingerprint density at radius 2 is 2.60 bits per heavy atom. The summed E-state index contributed by atoms with van der Waals surface area (Å²) in [5, 5.41) is 2.58. The highest BCUT2D eigenvalue weighted by Crippen LogP contribution is 1.50. The zero-order valence-electron chi connectivity index (χ0n) is 2.26. The van der Waals surface area contributed by atoms with Gasteiger partial charge in [0, 0.05) is 0 Å². The molecule has 0 heterocycles. The fourth-order valence-electron chi connectivity index (χ4n) is 0.0186. The molecule has 0 amide bonds. The summed E-state index contributed by atoms with van der Waals surface area (Å²) in [7, 11) is 2.42. The maximum absolute atomic E-state index is 8.96. The van der Waals surface area contributed by atoms with Crippen molar-refractivity contribution in [3.05, 3.63) is 0 Å². The van der Waals surface area contributed by atoms with E-state index in [4.69, 9.17) is 4.79 Å². The second kappa shape index (κ2) is 3.40. The fraction of sp³-hybridized carbons (Fsp3) is 0. The zero-order chi connectivity index (χ0) is 4.12. The first kappa shape index (κ1) is 4.40. The Morgan fingerprint density at radius 3 is 2.60 bits per heavy atom. The zero-order valence-corrected chi connectivity index (χ0v) is 3.26. The first-order valence-corrected chi connectivity index (χ1v) is 1.22. The van der Waals surface area contributed by atoms with Gasteiger partial charge >= 0.3 is 10.5 Å². The van der Waals surface area contributed by atoms with E-state index in [9.17, 15) is 0 Å². The number of rotatable bonds is 1. The van der Waals surface area contributed by atoms with Gasteiger partial charge in [0.2, 0.25) is 0 Å². The molecule has 0 aromatic heterocycles. The van der Waals surface area contributed by atoms with E-state index < -0.39 is 0 Å². The van der Waals surface area contributed by atoms with Gasteiger partial charge in [-0.3, -0.25) is 0 Å². The first-order valence-electron chi connectivity index (χ1n) is 0.814. The lowest BCUT2D eigenvalue weighted by Gasteiger charge is -1.67. The summed E-state index contributed by atoms with van der Waals surface area (Å²) in [6.45, 7) is 0. The molecule has 4 heteroatoms. The number of hydrogen-bond acceptors (Lipinski definition) is 3. The molecule has 0 rings (SSSR count). The van der Waals surface area contributed by atoms with Gasteiger partial charge in [-0.25, -0.2) is 4.79 Å². The molecule has 0 spiro atoms. The highest BCUT2D eigenvalue weighted by Gasteiger charge is 1.50. The molecule has 0 aliphatic carbocycles. The monoisotopic (exact) mass is 86.0 g/mol. The maximum atomic E-state index is 8.96. The molecule has 0 aliphatic rings. The third-order valence-corrected chi connectivity index (χ3v) is 0.174. The van der Waals surface area contributed by atoms with Crippen LogP contribution in [0.5, 0.6) is 0 Å². The van der Waals surface area contributed by atoms with Crippen LogP contribution in [-0.2, 0) is 9.32 Å². The second-order valence-electron chi connectivity index (χ2n) is 0.274. The van der Waals surface area contributed by atoms with Gasteiger partial charge < -0.3 is 4.53 Å². The van der Waals surface area contributed by atoms with Crippen molar-refractivity contribution < 1.29 is 9.32 Å². The normalized spacial score (nSPS) is 5.00. The molecule has 0 saturated heterocycles. The van der Waals surface area contributed by atoms with E-state index in [1.165, 1.54) is 0 Å². The third-order valence-electron chi connectivity index (χ3n) is 0.0829. The number of isocyanates is 1. The van der Waals surface area contributed by atoms with Crippen LogP contribution in [0.4, 0.5) is 0 Å². The van der Waals surface area contributed by atoms with Crippen LogP contribution in [0.2, 0.25) is 0 Å². The van der Waals surface area contributed by atoms with Crippen LogP contribution in [0.15, 0.2) is 5.16 Å². The molecule has 0 bridgehead atoms. The average Bonchev–Trinajstić information content (AvgIpc) is 1.41. The smallest absolute Gasteiger partial charge is 0.388 e. The summed E-state index contributed by atoms with van der Waals surface area (Å²) in [6, 6.07) is 0. The lowest BCUT2D eigenvalue weighted by Crippen LogP contribution is -1.63. The Hall–Kier alpha value is -0.603. The molecular formula is CNO2Si. The van der Waals surface area contributed by atoms with Gasteiger partial charge in [-0.15, -0.1) is 0 Å². The Labute approximate surface area is 32.2 Å². The molecule has 0 atom stereocenters. The molecule has 25 valence electrons. The van der Waals surface area contributed by atoms with Gasteiger partial charge in [0.15, 0.2) is 0 Å².